The highest BCUT2D eigenvalue weighted by molar-refractivity contribution is 5.85. The molecule has 2 saturated carbocycles. The highest BCUT2D eigenvalue weighted by Crippen LogP contribution is 2.46. The van der Waals surface area contributed by atoms with Crippen molar-refractivity contribution in [3.8, 4) is 0 Å². The first-order valence-corrected chi connectivity index (χ1v) is 6.14. The third-order valence-corrected chi connectivity index (χ3v) is 4.39. The number of ketones is 2. The lowest BCUT2D eigenvalue weighted by Crippen LogP contribution is -2.29. The highest BCUT2D eigenvalue weighted by Gasteiger charge is 2.44. The second kappa shape index (κ2) is 4.07. The topological polar surface area (TPSA) is 34.1 Å². The molecule has 0 amide bonds. The maximum atomic E-state index is 11.9. The van der Waals surface area contributed by atoms with Crippen LogP contribution in [0, 0.1) is 23.7 Å². The smallest absolute Gasteiger partial charge is 0.136 e. The van der Waals surface area contributed by atoms with Crippen LogP contribution in [0.5, 0.6) is 0 Å². The van der Waals surface area contributed by atoms with Gasteiger partial charge < -0.3 is 0 Å². The van der Waals surface area contributed by atoms with E-state index in [2.05, 4.69) is 6.92 Å². The van der Waals surface area contributed by atoms with Crippen LogP contribution in [0.25, 0.3) is 0 Å². The van der Waals surface area contributed by atoms with Crippen molar-refractivity contribution in [1.82, 2.24) is 0 Å². The lowest BCUT2D eigenvalue weighted by molar-refractivity contribution is -0.126. The van der Waals surface area contributed by atoms with E-state index in [-0.39, 0.29) is 11.8 Å². The summed E-state index contributed by atoms with van der Waals surface area (Å²) >= 11 is 0. The molecule has 0 aliphatic heterocycles. The standard InChI is InChI=1S/C13H20O2/c1-8-6-7-11-12(15)5-3-4-10(9(2)14)13(8)11/h8,10-11,13H,3-7H2,1-2H3/t8-,10-,11-,13-/m0/s1. The quantitative estimate of drug-likeness (QED) is 0.663. The average molecular weight is 208 g/mol. The molecule has 15 heavy (non-hydrogen) atoms. The van der Waals surface area contributed by atoms with E-state index >= 15 is 0 Å². The molecule has 2 rings (SSSR count). The second-order valence-electron chi connectivity index (χ2n) is 5.31. The fourth-order valence-corrected chi connectivity index (χ4v) is 3.62. The van der Waals surface area contributed by atoms with Gasteiger partial charge in [0.2, 0.25) is 0 Å². The summed E-state index contributed by atoms with van der Waals surface area (Å²) in [7, 11) is 0. The Balaban J connectivity index is 2.26. The molecule has 0 bridgehead atoms. The van der Waals surface area contributed by atoms with Gasteiger partial charge in [0.25, 0.3) is 0 Å². The molecule has 2 aliphatic carbocycles. The van der Waals surface area contributed by atoms with E-state index in [9.17, 15) is 9.59 Å². The van der Waals surface area contributed by atoms with Gasteiger partial charge in [-0.05, 0) is 44.4 Å². The molecule has 0 spiro atoms. The maximum absolute atomic E-state index is 11.9. The Bertz CT molecular complexity index is 282. The molecule has 0 unspecified atom stereocenters. The molecule has 2 nitrogen and oxygen atoms in total. The van der Waals surface area contributed by atoms with E-state index < -0.39 is 0 Å². The molecule has 84 valence electrons. The monoisotopic (exact) mass is 208 g/mol. The fourth-order valence-electron chi connectivity index (χ4n) is 3.62. The minimum atomic E-state index is 0.166. The average Bonchev–Trinajstić information content (AvgIpc) is 2.45. The number of rotatable bonds is 1. The predicted octanol–water partition coefficient (Wildman–Crippen LogP) is 2.61. The van der Waals surface area contributed by atoms with Crippen molar-refractivity contribution in [1.29, 1.82) is 0 Å². The molecule has 0 aromatic rings. The fraction of sp³-hybridized carbons (Fsp3) is 0.846. The van der Waals surface area contributed by atoms with Gasteiger partial charge in [-0.3, -0.25) is 9.59 Å². The molecule has 0 aromatic heterocycles. The van der Waals surface area contributed by atoms with Gasteiger partial charge in [-0.15, -0.1) is 0 Å². The summed E-state index contributed by atoms with van der Waals surface area (Å²) in [5.74, 6) is 2.01. The van der Waals surface area contributed by atoms with E-state index in [1.807, 2.05) is 0 Å². The third-order valence-electron chi connectivity index (χ3n) is 4.39. The van der Waals surface area contributed by atoms with Crippen molar-refractivity contribution in [2.45, 2.75) is 46.0 Å². The Kier molecular flexibility index (Phi) is 2.94. The van der Waals surface area contributed by atoms with Gasteiger partial charge in [-0.1, -0.05) is 6.92 Å². The highest BCUT2D eigenvalue weighted by atomic mass is 16.1. The molecule has 0 saturated heterocycles. The molecule has 0 N–H and O–H groups in total. The van der Waals surface area contributed by atoms with Crippen LogP contribution in [0.1, 0.15) is 46.0 Å². The number of hydrogen-bond acceptors (Lipinski definition) is 2. The number of carbonyl (C=O) groups excluding carboxylic acids is 2. The first-order valence-electron chi connectivity index (χ1n) is 6.14. The Morgan fingerprint density at radius 3 is 2.67 bits per heavy atom. The number of carbonyl (C=O) groups is 2. The van der Waals surface area contributed by atoms with Crippen LogP contribution in [-0.4, -0.2) is 11.6 Å². The first kappa shape index (κ1) is 10.8. The van der Waals surface area contributed by atoms with Crippen molar-refractivity contribution in [3.63, 3.8) is 0 Å². The summed E-state index contributed by atoms with van der Waals surface area (Å²) in [6.07, 6.45) is 4.71. The van der Waals surface area contributed by atoms with Crippen molar-refractivity contribution in [2.75, 3.05) is 0 Å². The molecule has 4 atom stereocenters. The molecule has 0 aromatic carbocycles. The van der Waals surface area contributed by atoms with Crippen LogP contribution in [0.3, 0.4) is 0 Å². The van der Waals surface area contributed by atoms with E-state index in [0.717, 1.165) is 25.7 Å². The summed E-state index contributed by atoms with van der Waals surface area (Å²) in [6, 6.07) is 0. The van der Waals surface area contributed by atoms with Crippen molar-refractivity contribution >= 4 is 11.6 Å². The minimum absolute atomic E-state index is 0.166. The Hall–Kier alpha value is -0.660. The normalized spacial score (nSPS) is 41.1. The number of hydrogen-bond donors (Lipinski definition) is 0. The SMILES string of the molecule is CC(=O)[C@@H]1CCCC(=O)[C@@H]2CC[C@H](C)[C@@H]12. The van der Waals surface area contributed by atoms with Gasteiger partial charge in [-0.25, -0.2) is 0 Å². The van der Waals surface area contributed by atoms with Crippen molar-refractivity contribution in [2.24, 2.45) is 23.7 Å². The van der Waals surface area contributed by atoms with Crippen molar-refractivity contribution < 1.29 is 9.59 Å². The van der Waals surface area contributed by atoms with E-state index in [1.165, 1.54) is 0 Å². The Morgan fingerprint density at radius 2 is 2.00 bits per heavy atom. The second-order valence-corrected chi connectivity index (χ2v) is 5.31. The molecule has 2 heteroatoms. The zero-order valence-electron chi connectivity index (χ0n) is 9.66. The van der Waals surface area contributed by atoms with Crippen LogP contribution in [0.2, 0.25) is 0 Å². The molecular formula is C13H20O2. The van der Waals surface area contributed by atoms with Gasteiger partial charge in [0.1, 0.15) is 11.6 Å². The molecular weight excluding hydrogens is 188 g/mol. The van der Waals surface area contributed by atoms with Crippen LogP contribution >= 0.6 is 0 Å². The van der Waals surface area contributed by atoms with Crippen LogP contribution in [-0.2, 0) is 9.59 Å². The van der Waals surface area contributed by atoms with E-state index in [0.29, 0.717) is 29.8 Å². The Morgan fingerprint density at radius 1 is 1.27 bits per heavy atom. The van der Waals surface area contributed by atoms with E-state index in [1.54, 1.807) is 6.92 Å². The predicted molar refractivity (Wildman–Crippen MR) is 58.4 cm³/mol. The summed E-state index contributed by atoms with van der Waals surface area (Å²) in [6.45, 7) is 3.90. The molecule has 2 aliphatic rings. The number of Topliss-reactive ketones (excluding diaryl/α,β-unsaturated/α-hetero) is 2. The van der Waals surface area contributed by atoms with Gasteiger partial charge in [0.15, 0.2) is 0 Å². The van der Waals surface area contributed by atoms with Crippen LogP contribution in [0.15, 0.2) is 0 Å². The molecule has 0 heterocycles. The summed E-state index contributed by atoms with van der Waals surface area (Å²) in [5, 5.41) is 0. The minimum Gasteiger partial charge on any atom is -0.300 e. The van der Waals surface area contributed by atoms with Gasteiger partial charge in [-0.2, -0.15) is 0 Å². The van der Waals surface area contributed by atoms with Gasteiger partial charge in [0.05, 0.1) is 0 Å². The maximum Gasteiger partial charge on any atom is 0.136 e. The zero-order valence-corrected chi connectivity index (χ0v) is 9.66. The zero-order chi connectivity index (χ0) is 11.0. The van der Waals surface area contributed by atoms with Gasteiger partial charge >= 0.3 is 0 Å². The largest absolute Gasteiger partial charge is 0.300 e. The lowest BCUT2D eigenvalue weighted by atomic mass is 9.76. The molecule has 0 radical (unpaired) electrons. The lowest BCUT2D eigenvalue weighted by Gasteiger charge is -2.26. The van der Waals surface area contributed by atoms with Crippen molar-refractivity contribution in [3.05, 3.63) is 0 Å². The number of fused-ring (bicyclic) bond motifs is 1. The first-order chi connectivity index (χ1) is 7.11. The van der Waals surface area contributed by atoms with Crippen LogP contribution in [0.4, 0.5) is 0 Å². The Labute approximate surface area is 91.4 Å². The van der Waals surface area contributed by atoms with Gasteiger partial charge in [0, 0.05) is 18.3 Å². The van der Waals surface area contributed by atoms with Crippen LogP contribution < -0.4 is 0 Å². The van der Waals surface area contributed by atoms with E-state index in [4.69, 9.17) is 0 Å². The molecule has 2 fully saturated rings. The summed E-state index contributed by atoms with van der Waals surface area (Å²) in [5.41, 5.74) is 0. The summed E-state index contributed by atoms with van der Waals surface area (Å²) < 4.78 is 0. The summed E-state index contributed by atoms with van der Waals surface area (Å²) in [4.78, 5) is 23.5. The third kappa shape index (κ3) is 1.86.